The van der Waals surface area contributed by atoms with Gasteiger partial charge in [-0.2, -0.15) is 5.10 Å². The Hall–Kier alpha value is -3.97. The Balaban J connectivity index is 1.58. The zero-order chi connectivity index (χ0) is 25.2. The predicted octanol–water partition coefficient (Wildman–Crippen LogP) is 5.54. The third-order valence-electron chi connectivity index (χ3n) is 6.52. The van der Waals surface area contributed by atoms with Crippen LogP contribution in [0.15, 0.2) is 66.7 Å². The van der Waals surface area contributed by atoms with Crippen molar-refractivity contribution in [2.45, 2.75) is 12.5 Å². The fourth-order valence-electron chi connectivity index (χ4n) is 4.66. The summed E-state index contributed by atoms with van der Waals surface area (Å²) in [5.41, 5.74) is 4.86. The first kappa shape index (κ1) is 23.8. The van der Waals surface area contributed by atoms with Crippen LogP contribution in [0.5, 0.6) is 17.2 Å². The molecule has 184 valence electrons. The number of aromatic nitrogens is 2. The third-order valence-corrected chi connectivity index (χ3v) is 6.77. The van der Waals surface area contributed by atoms with Gasteiger partial charge < -0.3 is 19.1 Å². The second-order valence-electron chi connectivity index (χ2n) is 8.47. The monoisotopic (exact) mass is 503 g/mol. The highest BCUT2D eigenvalue weighted by atomic mass is 35.5. The van der Waals surface area contributed by atoms with Crippen LogP contribution in [-0.4, -0.2) is 48.9 Å². The molecule has 0 saturated carbocycles. The molecule has 0 aliphatic carbocycles. The zero-order valence-electron chi connectivity index (χ0n) is 20.2. The van der Waals surface area contributed by atoms with Crippen molar-refractivity contribution in [2.24, 2.45) is 0 Å². The number of benzene rings is 3. The van der Waals surface area contributed by atoms with Crippen molar-refractivity contribution in [3.8, 4) is 28.5 Å². The molecule has 36 heavy (non-hydrogen) atoms. The largest absolute Gasteiger partial charge is 0.497 e. The number of H-pyrrole nitrogens is 1. The van der Waals surface area contributed by atoms with Crippen molar-refractivity contribution in [1.29, 1.82) is 0 Å². The Kier molecular flexibility index (Phi) is 6.57. The molecule has 1 aliphatic heterocycles. The highest BCUT2D eigenvalue weighted by molar-refractivity contribution is 6.30. The summed E-state index contributed by atoms with van der Waals surface area (Å²) in [6.45, 7) is 0.508. The van der Waals surface area contributed by atoms with Gasteiger partial charge in [0, 0.05) is 34.3 Å². The van der Waals surface area contributed by atoms with Crippen molar-refractivity contribution >= 4 is 17.5 Å². The fraction of sp³-hybridized carbons (Fsp3) is 0.214. The maximum absolute atomic E-state index is 13.7. The molecule has 0 spiro atoms. The Morgan fingerprint density at radius 2 is 1.61 bits per heavy atom. The first-order chi connectivity index (χ1) is 17.5. The van der Waals surface area contributed by atoms with Gasteiger partial charge in [-0.1, -0.05) is 35.9 Å². The Morgan fingerprint density at radius 3 is 2.28 bits per heavy atom. The van der Waals surface area contributed by atoms with E-state index in [9.17, 15) is 4.79 Å². The maximum Gasteiger partial charge on any atom is 0.273 e. The van der Waals surface area contributed by atoms with Gasteiger partial charge in [-0.3, -0.25) is 9.89 Å². The smallest absolute Gasteiger partial charge is 0.273 e. The van der Waals surface area contributed by atoms with Gasteiger partial charge in [-0.15, -0.1) is 0 Å². The summed E-state index contributed by atoms with van der Waals surface area (Å²) in [4.78, 5) is 15.5. The lowest BCUT2D eigenvalue weighted by molar-refractivity contribution is 0.0744. The summed E-state index contributed by atoms with van der Waals surface area (Å²) in [6.07, 6.45) is 0.679. The molecule has 3 aromatic carbocycles. The lowest BCUT2D eigenvalue weighted by Crippen LogP contribution is -2.31. The number of amides is 1. The van der Waals surface area contributed by atoms with E-state index in [0.717, 1.165) is 28.0 Å². The van der Waals surface area contributed by atoms with E-state index in [1.807, 2.05) is 71.6 Å². The Labute approximate surface area is 214 Å². The molecule has 0 fully saturated rings. The van der Waals surface area contributed by atoms with Gasteiger partial charge in [0.15, 0.2) is 0 Å². The van der Waals surface area contributed by atoms with E-state index in [2.05, 4.69) is 10.2 Å². The van der Waals surface area contributed by atoms with Crippen LogP contribution in [0.4, 0.5) is 0 Å². The number of nitrogens with zero attached hydrogens (tertiary/aromatic N) is 2. The molecule has 0 saturated heterocycles. The van der Waals surface area contributed by atoms with Gasteiger partial charge in [0.05, 0.1) is 33.1 Å². The summed E-state index contributed by atoms with van der Waals surface area (Å²) in [5, 5.41) is 8.16. The minimum absolute atomic E-state index is 0.103. The number of carbonyl (C=O) groups is 1. The summed E-state index contributed by atoms with van der Waals surface area (Å²) in [5.74, 6) is 2.01. The quantitative estimate of drug-likeness (QED) is 0.341. The standard InChI is InChI=1S/C28H26ClN3O4/c1-34-20-10-4-17(5-11-20)14-15-32-27(22-13-12-21(35-2)16-23(22)36-3)24-25(30-31-26(24)28(32)33)18-6-8-19(29)9-7-18/h4-13,16,27H,14-15H2,1-3H3,(H,30,31). The molecular formula is C28H26ClN3O4. The van der Waals surface area contributed by atoms with Crippen molar-refractivity contribution in [3.05, 3.63) is 94.1 Å². The van der Waals surface area contributed by atoms with Crippen LogP contribution in [-0.2, 0) is 6.42 Å². The van der Waals surface area contributed by atoms with Gasteiger partial charge in [0.25, 0.3) is 5.91 Å². The van der Waals surface area contributed by atoms with E-state index in [1.54, 1.807) is 21.3 Å². The summed E-state index contributed by atoms with van der Waals surface area (Å²) in [7, 11) is 4.87. The number of ether oxygens (including phenoxy) is 3. The number of rotatable bonds is 8. The number of aromatic amines is 1. The van der Waals surface area contributed by atoms with Gasteiger partial charge >= 0.3 is 0 Å². The van der Waals surface area contributed by atoms with Gasteiger partial charge in [-0.05, 0) is 48.4 Å². The highest BCUT2D eigenvalue weighted by Gasteiger charge is 2.43. The van der Waals surface area contributed by atoms with Crippen LogP contribution in [0.25, 0.3) is 11.3 Å². The third kappa shape index (κ3) is 4.27. The van der Waals surface area contributed by atoms with Crippen LogP contribution in [0, 0.1) is 0 Å². The Bertz CT molecular complexity index is 1380. The SMILES string of the molecule is COc1ccc(CCN2C(=O)c3[nH]nc(-c4ccc(Cl)cc4)c3C2c2ccc(OC)cc2OC)cc1. The molecule has 0 bridgehead atoms. The number of hydrogen-bond acceptors (Lipinski definition) is 5. The number of hydrogen-bond donors (Lipinski definition) is 1. The first-order valence-electron chi connectivity index (χ1n) is 11.5. The lowest BCUT2D eigenvalue weighted by atomic mass is 9.95. The normalized spacial score (nSPS) is 14.6. The van der Waals surface area contributed by atoms with Gasteiger partial charge in [0.1, 0.15) is 22.9 Å². The number of methoxy groups -OCH3 is 3. The molecule has 4 aromatic rings. The average Bonchev–Trinajstić information content (AvgIpc) is 3.46. The minimum atomic E-state index is -0.393. The van der Waals surface area contributed by atoms with Crippen LogP contribution >= 0.6 is 11.6 Å². The lowest BCUT2D eigenvalue weighted by Gasteiger charge is -2.28. The molecule has 8 heteroatoms. The molecule has 7 nitrogen and oxygen atoms in total. The number of carbonyl (C=O) groups excluding carboxylic acids is 1. The van der Waals surface area contributed by atoms with Crippen LogP contribution in [0.2, 0.25) is 5.02 Å². The van der Waals surface area contributed by atoms with Crippen LogP contribution in [0.3, 0.4) is 0 Å². The Morgan fingerprint density at radius 1 is 0.917 bits per heavy atom. The van der Waals surface area contributed by atoms with E-state index >= 15 is 0 Å². The van der Waals surface area contributed by atoms with E-state index in [1.165, 1.54) is 0 Å². The number of nitrogens with one attached hydrogen (secondary N) is 1. The molecular weight excluding hydrogens is 478 g/mol. The van der Waals surface area contributed by atoms with Gasteiger partial charge in [-0.25, -0.2) is 0 Å². The molecule has 1 N–H and O–H groups in total. The zero-order valence-corrected chi connectivity index (χ0v) is 21.0. The first-order valence-corrected chi connectivity index (χ1v) is 11.9. The molecule has 1 aromatic heterocycles. The second-order valence-corrected chi connectivity index (χ2v) is 8.91. The predicted molar refractivity (Wildman–Crippen MR) is 138 cm³/mol. The van der Waals surface area contributed by atoms with Crippen LogP contribution < -0.4 is 14.2 Å². The fourth-order valence-corrected chi connectivity index (χ4v) is 4.79. The minimum Gasteiger partial charge on any atom is -0.497 e. The maximum atomic E-state index is 13.7. The van der Waals surface area contributed by atoms with Crippen molar-refractivity contribution in [1.82, 2.24) is 15.1 Å². The molecule has 2 heterocycles. The number of fused-ring (bicyclic) bond motifs is 1. The van der Waals surface area contributed by atoms with Crippen molar-refractivity contribution < 1.29 is 19.0 Å². The number of halogens is 1. The second kappa shape index (κ2) is 9.95. The van der Waals surface area contributed by atoms with Gasteiger partial charge in [0.2, 0.25) is 0 Å². The highest BCUT2D eigenvalue weighted by Crippen LogP contribution is 2.46. The summed E-state index contributed by atoms with van der Waals surface area (Å²) < 4.78 is 16.4. The molecule has 1 amide bonds. The molecule has 1 aliphatic rings. The van der Waals surface area contributed by atoms with E-state index in [-0.39, 0.29) is 5.91 Å². The molecule has 0 radical (unpaired) electrons. The summed E-state index contributed by atoms with van der Waals surface area (Å²) >= 11 is 6.12. The van der Waals surface area contributed by atoms with E-state index in [0.29, 0.717) is 40.9 Å². The van der Waals surface area contributed by atoms with Crippen molar-refractivity contribution in [3.63, 3.8) is 0 Å². The van der Waals surface area contributed by atoms with E-state index in [4.69, 9.17) is 25.8 Å². The van der Waals surface area contributed by atoms with Crippen molar-refractivity contribution in [2.75, 3.05) is 27.9 Å². The van der Waals surface area contributed by atoms with Crippen LogP contribution in [0.1, 0.15) is 33.2 Å². The molecule has 5 rings (SSSR count). The summed E-state index contributed by atoms with van der Waals surface area (Å²) in [6, 6.07) is 20.6. The van der Waals surface area contributed by atoms with E-state index < -0.39 is 6.04 Å². The molecule has 1 atom stereocenters. The topological polar surface area (TPSA) is 76.7 Å². The molecule has 1 unspecified atom stereocenters. The average molecular weight is 504 g/mol.